The number of esters is 1. The molecular weight excluding hydrogens is 338 g/mol. The van der Waals surface area contributed by atoms with Gasteiger partial charge in [0.15, 0.2) is 6.61 Å². The number of fused-ring (bicyclic) bond motifs is 1. The van der Waals surface area contributed by atoms with E-state index in [2.05, 4.69) is 17.6 Å². The van der Waals surface area contributed by atoms with Crippen molar-refractivity contribution < 1.29 is 23.9 Å². The summed E-state index contributed by atoms with van der Waals surface area (Å²) in [5.74, 6) is 0.0953. The van der Waals surface area contributed by atoms with Gasteiger partial charge >= 0.3 is 12.0 Å². The van der Waals surface area contributed by atoms with Crippen LogP contribution in [-0.4, -0.2) is 54.0 Å². The van der Waals surface area contributed by atoms with Gasteiger partial charge in [0.2, 0.25) is 0 Å². The van der Waals surface area contributed by atoms with Gasteiger partial charge in [-0.05, 0) is 37.5 Å². The molecule has 2 N–H and O–H groups in total. The van der Waals surface area contributed by atoms with Gasteiger partial charge in [0, 0.05) is 19.0 Å². The van der Waals surface area contributed by atoms with E-state index in [1.165, 1.54) is 12.8 Å². The first-order chi connectivity index (χ1) is 12.5. The Morgan fingerprint density at radius 2 is 1.96 bits per heavy atom. The highest BCUT2D eigenvalue weighted by molar-refractivity contribution is 6.04. The van der Waals surface area contributed by atoms with Crippen molar-refractivity contribution in [1.29, 1.82) is 0 Å². The number of rotatable bonds is 5. The maximum atomic E-state index is 12.5. The number of carbonyl (C=O) groups is 4. The largest absolute Gasteiger partial charge is 0.456 e. The van der Waals surface area contributed by atoms with E-state index in [0.29, 0.717) is 11.8 Å². The molecule has 4 atom stereocenters. The van der Waals surface area contributed by atoms with Gasteiger partial charge in [-0.2, -0.15) is 0 Å². The second-order valence-electron chi connectivity index (χ2n) is 7.58. The van der Waals surface area contributed by atoms with Crippen LogP contribution < -0.4 is 10.6 Å². The molecule has 1 aliphatic carbocycles. The number of nitrogens with one attached hydrogen (secondary N) is 2. The topological polar surface area (TPSA) is 105 Å². The monoisotopic (exact) mass is 365 g/mol. The summed E-state index contributed by atoms with van der Waals surface area (Å²) < 4.78 is 5.11. The Kier molecular flexibility index (Phi) is 5.78. The molecule has 4 amide bonds. The Morgan fingerprint density at radius 3 is 2.69 bits per heavy atom. The lowest BCUT2D eigenvalue weighted by molar-refractivity contribution is -0.155. The number of likely N-dealkylation sites (tertiary alicyclic amines) is 1. The first kappa shape index (κ1) is 18.7. The number of imide groups is 1. The predicted octanol–water partition coefficient (Wildman–Crippen LogP) is 0.945. The van der Waals surface area contributed by atoms with Crippen molar-refractivity contribution in [2.24, 2.45) is 11.8 Å². The summed E-state index contributed by atoms with van der Waals surface area (Å²) in [5.41, 5.74) is 0. The van der Waals surface area contributed by atoms with Crippen LogP contribution in [0, 0.1) is 11.8 Å². The summed E-state index contributed by atoms with van der Waals surface area (Å²) in [4.78, 5) is 48.8. The van der Waals surface area contributed by atoms with Gasteiger partial charge in [-0.15, -0.1) is 0 Å². The summed E-state index contributed by atoms with van der Waals surface area (Å²) in [7, 11) is 0. The zero-order chi connectivity index (χ0) is 18.7. The number of hydrogen-bond acceptors (Lipinski definition) is 5. The highest BCUT2D eigenvalue weighted by Gasteiger charge is 2.39. The smallest absolute Gasteiger partial charge is 0.322 e. The van der Waals surface area contributed by atoms with Crippen molar-refractivity contribution in [2.75, 3.05) is 13.2 Å². The molecule has 3 aliphatic rings. The zero-order valence-electron chi connectivity index (χ0n) is 15.2. The van der Waals surface area contributed by atoms with E-state index in [1.54, 1.807) is 0 Å². The molecule has 0 aromatic carbocycles. The van der Waals surface area contributed by atoms with Crippen molar-refractivity contribution in [3.8, 4) is 0 Å². The molecule has 8 nitrogen and oxygen atoms in total. The third-order valence-corrected chi connectivity index (χ3v) is 5.91. The summed E-state index contributed by atoms with van der Waals surface area (Å²) in [6.07, 6.45) is 5.72. The number of nitrogens with zero attached hydrogens (tertiary/aromatic N) is 1. The highest BCUT2D eigenvalue weighted by atomic mass is 16.5. The van der Waals surface area contributed by atoms with E-state index >= 15 is 0 Å². The summed E-state index contributed by atoms with van der Waals surface area (Å²) in [6, 6.07) is -0.988. The van der Waals surface area contributed by atoms with Crippen molar-refractivity contribution in [3.05, 3.63) is 0 Å². The molecule has 0 radical (unpaired) electrons. The number of amides is 4. The van der Waals surface area contributed by atoms with Crippen LogP contribution in [0.3, 0.4) is 0 Å². The molecule has 8 heteroatoms. The van der Waals surface area contributed by atoms with Gasteiger partial charge < -0.3 is 15.0 Å². The second kappa shape index (κ2) is 8.05. The maximum Gasteiger partial charge on any atom is 0.322 e. The zero-order valence-corrected chi connectivity index (χ0v) is 15.2. The molecule has 144 valence electrons. The highest BCUT2D eigenvalue weighted by Crippen LogP contribution is 2.38. The molecule has 0 aromatic rings. The molecule has 0 unspecified atom stereocenters. The molecule has 3 fully saturated rings. The SMILES string of the molecule is C[C@@H]1CCN(C(=O)COC(=O)CC[C@@H]2NC(=O)NC2=O)[C@H]2CCCC[C@H]12. The van der Waals surface area contributed by atoms with Crippen molar-refractivity contribution in [2.45, 2.75) is 64.0 Å². The van der Waals surface area contributed by atoms with Crippen LogP contribution in [0.2, 0.25) is 0 Å². The molecule has 1 saturated carbocycles. The first-order valence-corrected chi connectivity index (χ1v) is 9.52. The van der Waals surface area contributed by atoms with Gasteiger partial charge in [0.1, 0.15) is 6.04 Å². The summed E-state index contributed by atoms with van der Waals surface area (Å²) >= 11 is 0. The van der Waals surface area contributed by atoms with Crippen LogP contribution in [0.5, 0.6) is 0 Å². The minimum absolute atomic E-state index is 0.0191. The molecule has 2 heterocycles. The fourth-order valence-electron chi connectivity index (χ4n) is 4.44. The van der Waals surface area contributed by atoms with Crippen LogP contribution in [-0.2, 0) is 19.1 Å². The van der Waals surface area contributed by atoms with Gasteiger partial charge in [-0.3, -0.25) is 19.7 Å². The van der Waals surface area contributed by atoms with Crippen LogP contribution in [0.1, 0.15) is 51.9 Å². The Bertz CT molecular complexity index is 593. The molecular formula is C18H27N3O5. The second-order valence-corrected chi connectivity index (χ2v) is 7.58. The molecule has 26 heavy (non-hydrogen) atoms. The van der Waals surface area contributed by atoms with Crippen molar-refractivity contribution >= 4 is 23.8 Å². The lowest BCUT2D eigenvalue weighted by atomic mass is 9.72. The van der Waals surface area contributed by atoms with E-state index < -0.39 is 23.9 Å². The van der Waals surface area contributed by atoms with E-state index in [0.717, 1.165) is 25.8 Å². The number of carbonyl (C=O) groups excluding carboxylic acids is 4. The van der Waals surface area contributed by atoms with Crippen LogP contribution >= 0.6 is 0 Å². The van der Waals surface area contributed by atoms with Crippen LogP contribution in [0.15, 0.2) is 0 Å². The Labute approximate surface area is 153 Å². The molecule has 0 aromatic heterocycles. The summed E-state index contributed by atoms with van der Waals surface area (Å²) in [6.45, 7) is 2.75. The fraction of sp³-hybridized carbons (Fsp3) is 0.778. The average Bonchev–Trinajstić information content (AvgIpc) is 2.95. The van der Waals surface area contributed by atoms with Gasteiger partial charge in [0.25, 0.3) is 11.8 Å². The van der Waals surface area contributed by atoms with Crippen molar-refractivity contribution in [3.63, 3.8) is 0 Å². The van der Waals surface area contributed by atoms with Gasteiger partial charge in [-0.1, -0.05) is 19.8 Å². The fourth-order valence-corrected chi connectivity index (χ4v) is 4.44. The lowest BCUT2D eigenvalue weighted by Crippen LogP contribution is -2.53. The van der Waals surface area contributed by atoms with E-state index in [1.807, 2.05) is 4.90 Å². The predicted molar refractivity (Wildman–Crippen MR) is 91.9 cm³/mol. The standard InChI is InChI=1S/C18H27N3O5/c1-11-8-9-21(14-5-3-2-4-12(11)14)15(22)10-26-16(23)7-6-13-17(24)20-18(25)19-13/h11-14H,2-10H2,1H3,(H2,19,20,24,25)/t11-,12-,13+,14+/m1/s1. The van der Waals surface area contributed by atoms with E-state index in [9.17, 15) is 19.2 Å². The molecule has 3 rings (SSSR count). The molecule has 2 aliphatic heterocycles. The van der Waals surface area contributed by atoms with Crippen molar-refractivity contribution in [1.82, 2.24) is 15.5 Å². The molecule has 2 saturated heterocycles. The normalized spacial score (nSPS) is 31.0. The number of piperidine rings is 1. The Balaban J connectivity index is 1.43. The third kappa shape index (κ3) is 4.16. The molecule has 0 bridgehead atoms. The minimum atomic E-state index is -0.711. The number of ether oxygens (including phenoxy) is 1. The Morgan fingerprint density at radius 1 is 1.19 bits per heavy atom. The van der Waals surface area contributed by atoms with Gasteiger partial charge in [0.05, 0.1) is 0 Å². The number of urea groups is 1. The first-order valence-electron chi connectivity index (χ1n) is 9.52. The Hall–Kier alpha value is -2.12. The van der Waals surface area contributed by atoms with Crippen LogP contribution in [0.25, 0.3) is 0 Å². The van der Waals surface area contributed by atoms with E-state index in [-0.39, 0.29) is 31.4 Å². The minimum Gasteiger partial charge on any atom is -0.456 e. The van der Waals surface area contributed by atoms with Gasteiger partial charge in [-0.25, -0.2) is 4.79 Å². The van der Waals surface area contributed by atoms with E-state index in [4.69, 9.17) is 4.74 Å². The number of hydrogen-bond donors (Lipinski definition) is 2. The molecule has 0 spiro atoms. The lowest BCUT2D eigenvalue weighted by Gasteiger charge is -2.47. The maximum absolute atomic E-state index is 12.5. The average molecular weight is 365 g/mol. The summed E-state index contributed by atoms with van der Waals surface area (Å²) in [5, 5.41) is 4.54. The quantitative estimate of drug-likeness (QED) is 0.557. The van der Waals surface area contributed by atoms with Crippen LogP contribution in [0.4, 0.5) is 4.79 Å². The third-order valence-electron chi connectivity index (χ3n) is 5.91.